The predicted octanol–water partition coefficient (Wildman–Crippen LogP) is -3.08. The van der Waals surface area contributed by atoms with Crippen LogP contribution in [-0.2, 0) is 19.0 Å². The fourth-order valence-corrected chi connectivity index (χ4v) is 3.40. The van der Waals surface area contributed by atoms with Gasteiger partial charge in [0.15, 0.2) is 11.9 Å². The monoisotopic (exact) mass is 348 g/mol. The van der Waals surface area contributed by atoms with E-state index in [1.54, 1.807) is 0 Å². The zero-order valence-corrected chi connectivity index (χ0v) is 12.6. The van der Waals surface area contributed by atoms with E-state index >= 15 is 0 Å². The summed E-state index contributed by atoms with van der Waals surface area (Å²) in [5.74, 6) is -2.67. The van der Waals surface area contributed by atoms with E-state index < -0.39 is 72.7 Å². The molecule has 24 heavy (non-hydrogen) atoms. The van der Waals surface area contributed by atoms with Crippen LogP contribution in [-0.4, -0.2) is 92.5 Å². The summed E-state index contributed by atoms with van der Waals surface area (Å²) < 4.78 is 15.5. The summed E-state index contributed by atoms with van der Waals surface area (Å²) in [6.45, 7) is -1.48. The van der Waals surface area contributed by atoms with E-state index in [9.17, 15) is 30.3 Å². The molecule has 3 fully saturated rings. The molecule has 0 aromatic carbocycles. The van der Waals surface area contributed by atoms with Gasteiger partial charge < -0.3 is 44.8 Å². The van der Waals surface area contributed by atoms with Crippen LogP contribution in [0.5, 0.6) is 0 Å². The molecule has 0 amide bonds. The first-order valence-electron chi connectivity index (χ1n) is 7.55. The number of carbonyl (C=O) groups is 1. The molecule has 7 atom stereocenters. The van der Waals surface area contributed by atoms with Crippen molar-refractivity contribution in [1.29, 1.82) is 0 Å². The van der Waals surface area contributed by atoms with E-state index in [1.807, 2.05) is 0 Å². The Kier molecular flexibility index (Phi) is 4.45. The Morgan fingerprint density at radius 2 is 2.04 bits per heavy atom. The van der Waals surface area contributed by atoms with Gasteiger partial charge in [0.1, 0.15) is 24.4 Å². The molecule has 0 aromatic rings. The summed E-state index contributed by atoms with van der Waals surface area (Å²) in [7, 11) is 0. The van der Waals surface area contributed by atoms with Crippen molar-refractivity contribution in [3.8, 4) is 0 Å². The zero-order valence-electron chi connectivity index (χ0n) is 12.6. The molecule has 0 spiro atoms. The van der Waals surface area contributed by atoms with Gasteiger partial charge in [-0.2, -0.15) is 0 Å². The lowest BCUT2D eigenvalue weighted by Gasteiger charge is -2.59. The molecule has 1 aliphatic carbocycles. The van der Waals surface area contributed by atoms with Crippen LogP contribution in [0, 0.1) is 5.92 Å². The number of ether oxygens (including phenoxy) is 3. The number of carbonyl (C=O) groups excluding carboxylic acids is 1. The van der Waals surface area contributed by atoms with Crippen LogP contribution in [0.3, 0.4) is 0 Å². The van der Waals surface area contributed by atoms with Crippen LogP contribution in [0.4, 0.5) is 0 Å². The zero-order chi connectivity index (χ0) is 17.6. The molecule has 6 N–H and O–H groups in total. The summed E-state index contributed by atoms with van der Waals surface area (Å²) in [4.78, 5) is 11.7. The van der Waals surface area contributed by atoms with Gasteiger partial charge in [0.25, 0.3) is 0 Å². The van der Waals surface area contributed by atoms with Gasteiger partial charge in [-0.3, -0.25) is 0 Å². The molecular formula is C14H20O10. The minimum Gasteiger partial charge on any atom is -0.505 e. The maximum Gasteiger partial charge on any atom is 0.378 e. The quantitative estimate of drug-likeness (QED) is 0.271. The number of hydrogen-bond acceptors (Lipinski definition) is 10. The SMILES string of the molecule is O=C1OC(C(O)CO)C(O)=C1OCC12CC(C1O)[C@H](O)C(CO)O2. The molecule has 10 nitrogen and oxygen atoms in total. The average molecular weight is 348 g/mol. The third-order valence-corrected chi connectivity index (χ3v) is 4.83. The minimum absolute atomic E-state index is 0.262. The molecule has 4 aliphatic rings. The van der Waals surface area contributed by atoms with Gasteiger partial charge in [-0.1, -0.05) is 0 Å². The standard InChI is InChI=1S/C14H20O10/c15-2-6(17)10-9(19)11(13(21)23-10)22-4-14-1-5(12(14)20)8(18)7(3-16)24-14/h5-8,10,12,15-20H,1-4H2/t5?,6?,7?,8-,10?,12?,14?/m0/s1. The smallest absolute Gasteiger partial charge is 0.378 e. The average Bonchev–Trinajstić information content (AvgIpc) is 2.86. The molecule has 136 valence electrons. The second kappa shape index (κ2) is 6.14. The third kappa shape index (κ3) is 2.46. The molecule has 1 saturated carbocycles. The van der Waals surface area contributed by atoms with Crippen molar-refractivity contribution in [1.82, 2.24) is 0 Å². The lowest BCUT2D eigenvalue weighted by molar-refractivity contribution is -0.335. The number of fused-ring (bicyclic) bond motifs is 2. The Morgan fingerprint density at radius 3 is 2.62 bits per heavy atom. The number of rotatable bonds is 6. The Balaban J connectivity index is 1.69. The van der Waals surface area contributed by atoms with Crippen molar-refractivity contribution < 1.29 is 49.6 Å². The third-order valence-electron chi connectivity index (χ3n) is 4.83. The molecule has 4 rings (SSSR count). The van der Waals surface area contributed by atoms with Crippen LogP contribution < -0.4 is 0 Å². The van der Waals surface area contributed by atoms with E-state index in [1.165, 1.54) is 0 Å². The number of aliphatic hydroxyl groups excluding tert-OH is 6. The highest BCUT2D eigenvalue weighted by molar-refractivity contribution is 5.89. The van der Waals surface area contributed by atoms with E-state index in [-0.39, 0.29) is 13.0 Å². The highest BCUT2D eigenvalue weighted by Crippen LogP contribution is 2.50. The first kappa shape index (κ1) is 17.4. The molecule has 0 aromatic heterocycles. The Bertz CT molecular complexity index is 546. The van der Waals surface area contributed by atoms with Crippen LogP contribution in [0.15, 0.2) is 11.5 Å². The largest absolute Gasteiger partial charge is 0.505 e. The van der Waals surface area contributed by atoms with Crippen molar-refractivity contribution in [2.75, 3.05) is 19.8 Å². The minimum atomic E-state index is -1.49. The first-order valence-corrected chi connectivity index (χ1v) is 7.55. The van der Waals surface area contributed by atoms with E-state index in [0.29, 0.717) is 0 Å². The number of cyclic esters (lactones) is 1. The van der Waals surface area contributed by atoms with Crippen molar-refractivity contribution >= 4 is 5.97 Å². The summed E-state index contributed by atoms with van der Waals surface area (Å²) >= 11 is 0. The van der Waals surface area contributed by atoms with Crippen molar-refractivity contribution in [3.05, 3.63) is 11.5 Å². The maximum absolute atomic E-state index is 11.7. The van der Waals surface area contributed by atoms with Crippen LogP contribution >= 0.6 is 0 Å². The van der Waals surface area contributed by atoms with Crippen LogP contribution in [0.1, 0.15) is 6.42 Å². The topological polar surface area (TPSA) is 166 Å². The van der Waals surface area contributed by atoms with Crippen LogP contribution in [0.2, 0.25) is 0 Å². The van der Waals surface area contributed by atoms with Crippen LogP contribution in [0.25, 0.3) is 0 Å². The lowest BCUT2D eigenvalue weighted by Crippen LogP contribution is -2.73. The Hall–Kier alpha value is -1.43. The molecular weight excluding hydrogens is 328 g/mol. The predicted molar refractivity (Wildman–Crippen MR) is 73.4 cm³/mol. The van der Waals surface area contributed by atoms with E-state index in [0.717, 1.165) is 0 Å². The summed E-state index contributed by atoms with van der Waals surface area (Å²) in [6.07, 6.45) is -5.58. The number of hydrogen-bond donors (Lipinski definition) is 6. The number of aliphatic hydroxyl groups is 6. The van der Waals surface area contributed by atoms with Crippen molar-refractivity contribution in [2.24, 2.45) is 5.92 Å². The van der Waals surface area contributed by atoms with Gasteiger partial charge in [-0.15, -0.1) is 0 Å². The highest BCUT2D eigenvalue weighted by Gasteiger charge is 2.64. The first-order chi connectivity index (χ1) is 11.3. The fraction of sp³-hybridized carbons (Fsp3) is 0.786. The van der Waals surface area contributed by atoms with Gasteiger partial charge >= 0.3 is 5.97 Å². The van der Waals surface area contributed by atoms with E-state index in [2.05, 4.69) is 0 Å². The summed E-state index contributed by atoms with van der Waals surface area (Å²) in [5.41, 5.74) is -1.21. The van der Waals surface area contributed by atoms with E-state index in [4.69, 9.17) is 19.3 Å². The van der Waals surface area contributed by atoms with Gasteiger partial charge in [0, 0.05) is 5.92 Å². The molecule has 3 aliphatic heterocycles. The van der Waals surface area contributed by atoms with Crippen molar-refractivity contribution in [2.45, 2.75) is 42.5 Å². The summed E-state index contributed by atoms with van der Waals surface area (Å²) in [6, 6.07) is 0. The second-order valence-electron chi connectivity index (χ2n) is 6.29. The van der Waals surface area contributed by atoms with Crippen molar-refractivity contribution in [3.63, 3.8) is 0 Å². The molecule has 2 saturated heterocycles. The normalized spacial score (nSPS) is 42.5. The lowest BCUT2D eigenvalue weighted by atomic mass is 9.62. The fourth-order valence-electron chi connectivity index (χ4n) is 3.40. The maximum atomic E-state index is 11.7. The Morgan fingerprint density at radius 1 is 1.33 bits per heavy atom. The number of esters is 1. The Labute approximate surface area is 136 Å². The second-order valence-corrected chi connectivity index (χ2v) is 6.29. The van der Waals surface area contributed by atoms with Gasteiger partial charge in [-0.25, -0.2) is 4.79 Å². The molecule has 2 bridgehead atoms. The molecule has 3 heterocycles. The van der Waals surface area contributed by atoms with Gasteiger partial charge in [0.05, 0.1) is 25.4 Å². The van der Waals surface area contributed by atoms with Gasteiger partial charge in [0.2, 0.25) is 5.76 Å². The summed E-state index contributed by atoms with van der Waals surface area (Å²) in [5, 5.41) is 57.5. The molecule has 0 radical (unpaired) electrons. The molecule has 6 unspecified atom stereocenters. The highest BCUT2D eigenvalue weighted by atomic mass is 16.6. The molecule has 10 heteroatoms. The van der Waals surface area contributed by atoms with Gasteiger partial charge in [-0.05, 0) is 6.42 Å².